The first kappa shape index (κ1) is 11.5. The van der Waals surface area contributed by atoms with Gasteiger partial charge in [-0.25, -0.2) is 4.98 Å². The summed E-state index contributed by atoms with van der Waals surface area (Å²) in [6.45, 7) is 0. The molecule has 0 radical (unpaired) electrons. The number of rotatable bonds is 1. The maximum absolute atomic E-state index is 6.01. The van der Waals surface area contributed by atoms with Gasteiger partial charge in [-0.05, 0) is 18.2 Å². The van der Waals surface area contributed by atoms with E-state index in [9.17, 15) is 0 Å². The molecular weight excluding hydrogens is 265 g/mol. The summed E-state index contributed by atoms with van der Waals surface area (Å²) in [5, 5.41) is 2.07. The van der Waals surface area contributed by atoms with Crippen LogP contribution in [0.15, 0.2) is 54.6 Å². The van der Waals surface area contributed by atoms with Gasteiger partial charge in [0.15, 0.2) is 0 Å². The van der Waals surface area contributed by atoms with E-state index in [0.29, 0.717) is 10.0 Å². The highest BCUT2D eigenvalue weighted by Gasteiger charge is 2.04. The van der Waals surface area contributed by atoms with Crippen molar-refractivity contribution in [3.63, 3.8) is 0 Å². The number of hydrogen-bond acceptors (Lipinski definition) is 1. The molecule has 88 valence electrons. The molecule has 0 amide bonds. The quantitative estimate of drug-likeness (QED) is 0.593. The van der Waals surface area contributed by atoms with Crippen molar-refractivity contribution < 1.29 is 0 Å². The molecule has 3 aromatic rings. The second-order valence-electron chi connectivity index (χ2n) is 4.02. The Bertz CT molecular complexity index is 708. The fraction of sp³-hybridized carbons (Fsp3) is 0. The van der Waals surface area contributed by atoms with Gasteiger partial charge in [-0.2, -0.15) is 0 Å². The Hall–Kier alpha value is -1.57. The second kappa shape index (κ2) is 4.60. The Morgan fingerprint density at radius 1 is 0.778 bits per heavy atom. The first-order valence-corrected chi connectivity index (χ1v) is 6.31. The van der Waals surface area contributed by atoms with Crippen molar-refractivity contribution in [2.45, 2.75) is 0 Å². The fourth-order valence-electron chi connectivity index (χ4n) is 1.89. The summed E-state index contributed by atoms with van der Waals surface area (Å²) in [6, 6.07) is 17.7. The minimum Gasteiger partial charge on any atom is -0.248 e. The van der Waals surface area contributed by atoms with Crippen LogP contribution in [-0.2, 0) is 0 Å². The fourth-order valence-corrected chi connectivity index (χ4v) is 2.22. The van der Waals surface area contributed by atoms with Crippen LogP contribution >= 0.6 is 23.2 Å². The van der Waals surface area contributed by atoms with E-state index < -0.39 is 0 Å². The zero-order valence-electron chi connectivity index (χ0n) is 9.40. The Labute approximate surface area is 115 Å². The van der Waals surface area contributed by atoms with E-state index in [1.807, 2.05) is 48.5 Å². The van der Waals surface area contributed by atoms with Crippen LogP contribution in [0.4, 0.5) is 0 Å². The number of pyridine rings is 1. The Kier molecular flexibility index (Phi) is 2.94. The highest BCUT2D eigenvalue weighted by Crippen LogP contribution is 2.28. The van der Waals surface area contributed by atoms with E-state index in [1.165, 1.54) is 0 Å². The van der Waals surface area contributed by atoms with Gasteiger partial charge in [-0.3, -0.25) is 0 Å². The number of hydrogen-bond donors (Lipinski definition) is 0. The first-order chi connectivity index (χ1) is 8.74. The summed E-state index contributed by atoms with van der Waals surface area (Å²) < 4.78 is 0. The number of benzene rings is 2. The lowest BCUT2D eigenvalue weighted by Crippen LogP contribution is -1.85. The van der Waals surface area contributed by atoms with E-state index in [1.54, 1.807) is 6.07 Å². The van der Waals surface area contributed by atoms with Crippen LogP contribution in [0.2, 0.25) is 10.0 Å². The maximum Gasteiger partial charge on any atom is 0.0725 e. The molecular formula is C15H9Cl2N. The highest BCUT2D eigenvalue weighted by molar-refractivity contribution is 6.42. The highest BCUT2D eigenvalue weighted by atomic mass is 35.5. The van der Waals surface area contributed by atoms with Gasteiger partial charge in [-0.1, -0.05) is 59.6 Å². The molecule has 0 saturated carbocycles. The van der Waals surface area contributed by atoms with Gasteiger partial charge in [0.1, 0.15) is 0 Å². The van der Waals surface area contributed by atoms with Gasteiger partial charge < -0.3 is 0 Å². The van der Waals surface area contributed by atoms with E-state index in [0.717, 1.165) is 22.2 Å². The molecule has 0 atom stereocenters. The molecule has 0 spiro atoms. The molecule has 1 aromatic heterocycles. The molecule has 0 aliphatic heterocycles. The summed E-state index contributed by atoms with van der Waals surface area (Å²) in [4.78, 5) is 4.60. The largest absolute Gasteiger partial charge is 0.248 e. The number of nitrogens with zero attached hydrogens (tertiary/aromatic N) is 1. The number of aromatic nitrogens is 1. The molecule has 3 heteroatoms. The average molecular weight is 274 g/mol. The van der Waals surface area contributed by atoms with Crippen LogP contribution < -0.4 is 0 Å². The van der Waals surface area contributed by atoms with Crippen LogP contribution in [0.5, 0.6) is 0 Å². The van der Waals surface area contributed by atoms with Gasteiger partial charge in [0.2, 0.25) is 0 Å². The predicted octanol–water partition coefficient (Wildman–Crippen LogP) is 5.21. The minimum absolute atomic E-state index is 0.530. The van der Waals surface area contributed by atoms with Crippen molar-refractivity contribution in [1.82, 2.24) is 4.98 Å². The summed E-state index contributed by atoms with van der Waals surface area (Å²) in [5.74, 6) is 0. The SMILES string of the molecule is Clc1cc2ccc(-c3ccccc3)nc2cc1Cl. The molecule has 0 fully saturated rings. The molecule has 3 rings (SSSR count). The summed E-state index contributed by atoms with van der Waals surface area (Å²) in [5.41, 5.74) is 2.87. The van der Waals surface area contributed by atoms with Crippen LogP contribution in [0, 0.1) is 0 Å². The van der Waals surface area contributed by atoms with Crippen LogP contribution in [-0.4, -0.2) is 4.98 Å². The van der Waals surface area contributed by atoms with Crippen molar-refractivity contribution in [3.05, 3.63) is 64.6 Å². The lowest BCUT2D eigenvalue weighted by atomic mass is 10.1. The normalized spacial score (nSPS) is 10.8. The van der Waals surface area contributed by atoms with Gasteiger partial charge in [0.05, 0.1) is 21.3 Å². The summed E-state index contributed by atoms with van der Waals surface area (Å²) >= 11 is 12.0. The van der Waals surface area contributed by atoms with Crippen molar-refractivity contribution >= 4 is 34.1 Å². The third-order valence-electron chi connectivity index (χ3n) is 2.80. The molecule has 0 aliphatic carbocycles. The van der Waals surface area contributed by atoms with Crippen LogP contribution in [0.3, 0.4) is 0 Å². The van der Waals surface area contributed by atoms with Crippen molar-refractivity contribution in [2.75, 3.05) is 0 Å². The van der Waals surface area contributed by atoms with Gasteiger partial charge in [0.25, 0.3) is 0 Å². The second-order valence-corrected chi connectivity index (χ2v) is 4.84. The van der Waals surface area contributed by atoms with E-state index in [4.69, 9.17) is 23.2 Å². The molecule has 0 aliphatic rings. The molecule has 0 unspecified atom stereocenters. The van der Waals surface area contributed by atoms with Gasteiger partial charge in [-0.15, -0.1) is 0 Å². The summed E-state index contributed by atoms with van der Waals surface area (Å²) in [6.07, 6.45) is 0. The van der Waals surface area contributed by atoms with E-state index in [2.05, 4.69) is 4.98 Å². The van der Waals surface area contributed by atoms with E-state index >= 15 is 0 Å². The Morgan fingerprint density at radius 3 is 2.28 bits per heavy atom. The monoisotopic (exact) mass is 273 g/mol. The molecule has 0 N–H and O–H groups in total. The van der Waals surface area contributed by atoms with Crippen molar-refractivity contribution in [3.8, 4) is 11.3 Å². The molecule has 1 heterocycles. The lowest BCUT2D eigenvalue weighted by Gasteiger charge is -2.04. The standard InChI is InChI=1S/C15H9Cl2N/c16-12-8-11-6-7-14(10-4-2-1-3-5-10)18-15(11)9-13(12)17/h1-9H. The molecule has 18 heavy (non-hydrogen) atoms. The van der Waals surface area contributed by atoms with Gasteiger partial charge in [0, 0.05) is 10.9 Å². The average Bonchev–Trinajstić information content (AvgIpc) is 2.41. The van der Waals surface area contributed by atoms with Crippen molar-refractivity contribution in [1.29, 1.82) is 0 Å². The zero-order chi connectivity index (χ0) is 12.5. The smallest absolute Gasteiger partial charge is 0.0725 e. The first-order valence-electron chi connectivity index (χ1n) is 5.55. The third-order valence-corrected chi connectivity index (χ3v) is 3.52. The van der Waals surface area contributed by atoms with Crippen LogP contribution in [0.1, 0.15) is 0 Å². The minimum atomic E-state index is 0.530. The Balaban J connectivity index is 2.20. The van der Waals surface area contributed by atoms with E-state index in [-0.39, 0.29) is 0 Å². The third kappa shape index (κ3) is 2.07. The molecule has 0 saturated heterocycles. The zero-order valence-corrected chi connectivity index (χ0v) is 10.9. The molecule has 0 bridgehead atoms. The molecule has 2 aromatic carbocycles. The maximum atomic E-state index is 6.01. The lowest BCUT2D eigenvalue weighted by molar-refractivity contribution is 1.40. The van der Waals surface area contributed by atoms with Crippen molar-refractivity contribution in [2.24, 2.45) is 0 Å². The number of fused-ring (bicyclic) bond motifs is 1. The van der Waals surface area contributed by atoms with Gasteiger partial charge >= 0.3 is 0 Å². The summed E-state index contributed by atoms with van der Waals surface area (Å²) in [7, 11) is 0. The van der Waals surface area contributed by atoms with Crippen LogP contribution in [0.25, 0.3) is 22.2 Å². The number of halogens is 2. The topological polar surface area (TPSA) is 12.9 Å². The Morgan fingerprint density at radius 2 is 1.50 bits per heavy atom. The predicted molar refractivity (Wildman–Crippen MR) is 77.2 cm³/mol. The molecule has 1 nitrogen and oxygen atoms in total.